The summed E-state index contributed by atoms with van der Waals surface area (Å²) in [6.45, 7) is 1.19. The highest BCUT2D eigenvalue weighted by atomic mass is 16.3. The molecular weight excluding hydrogens is 278 g/mol. The number of benzene rings is 1. The number of carbonyl (C=O) groups is 1. The number of furan rings is 1. The summed E-state index contributed by atoms with van der Waals surface area (Å²) in [7, 11) is 0. The lowest BCUT2D eigenvalue weighted by atomic mass is 10.1. The van der Waals surface area contributed by atoms with Crippen LogP contribution in [-0.4, -0.2) is 10.5 Å². The zero-order valence-electron chi connectivity index (χ0n) is 11.9. The van der Waals surface area contributed by atoms with Gasteiger partial charge in [0, 0.05) is 28.7 Å². The molecule has 3 heterocycles. The van der Waals surface area contributed by atoms with E-state index in [1.807, 2.05) is 24.4 Å². The van der Waals surface area contributed by atoms with Crippen molar-refractivity contribution >= 4 is 17.5 Å². The van der Waals surface area contributed by atoms with Gasteiger partial charge in [0.05, 0.1) is 19.4 Å². The average molecular weight is 293 g/mol. The Kier molecular flexibility index (Phi) is 2.79. The molecule has 1 aromatic carbocycles. The first kappa shape index (κ1) is 12.8. The predicted octanol–water partition coefficient (Wildman–Crippen LogP) is 2.87. The summed E-state index contributed by atoms with van der Waals surface area (Å²) in [6, 6.07) is 12.9. The van der Waals surface area contributed by atoms with Crippen LogP contribution in [0.2, 0.25) is 0 Å². The zero-order chi connectivity index (χ0) is 15.1. The maximum absolute atomic E-state index is 12.9. The summed E-state index contributed by atoms with van der Waals surface area (Å²) in [4.78, 5) is 14.6. The van der Waals surface area contributed by atoms with Crippen molar-refractivity contribution in [3.8, 4) is 0 Å². The summed E-state index contributed by atoms with van der Waals surface area (Å²) in [6.07, 6.45) is 3.64. The molecule has 1 aliphatic heterocycles. The number of hydrogen-bond donors (Lipinski definition) is 1. The third-order valence-corrected chi connectivity index (χ3v) is 3.96. The van der Waals surface area contributed by atoms with Gasteiger partial charge >= 0.3 is 0 Å². The van der Waals surface area contributed by atoms with Gasteiger partial charge in [-0.25, -0.2) is 0 Å². The molecule has 0 aliphatic carbocycles. The maximum atomic E-state index is 12.9. The van der Waals surface area contributed by atoms with Gasteiger partial charge in [0.1, 0.15) is 0 Å². The van der Waals surface area contributed by atoms with Crippen LogP contribution in [0, 0.1) is 0 Å². The molecule has 0 saturated carbocycles. The van der Waals surface area contributed by atoms with Crippen LogP contribution in [0.5, 0.6) is 0 Å². The molecule has 2 N–H and O–H groups in total. The number of anilines is 2. The third kappa shape index (κ3) is 1.98. The van der Waals surface area contributed by atoms with E-state index >= 15 is 0 Å². The number of carbonyl (C=O) groups excluding carboxylic acids is 1. The molecule has 0 fully saturated rings. The molecule has 0 saturated heterocycles. The number of rotatable bonds is 1. The van der Waals surface area contributed by atoms with Crippen molar-refractivity contribution in [2.45, 2.75) is 13.1 Å². The van der Waals surface area contributed by atoms with Crippen LogP contribution in [0.1, 0.15) is 21.6 Å². The topological polar surface area (TPSA) is 64.4 Å². The van der Waals surface area contributed by atoms with Crippen molar-refractivity contribution in [1.82, 2.24) is 4.57 Å². The molecule has 5 heteroatoms. The van der Waals surface area contributed by atoms with E-state index in [2.05, 4.69) is 4.57 Å². The molecule has 0 bridgehead atoms. The lowest BCUT2D eigenvalue weighted by Crippen LogP contribution is -2.30. The normalized spacial score (nSPS) is 13.4. The minimum atomic E-state index is -0.0918. The second kappa shape index (κ2) is 4.80. The van der Waals surface area contributed by atoms with Crippen LogP contribution in [0.3, 0.4) is 0 Å². The Labute approximate surface area is 127 Å². The third-order valence-electron chi connectivity index (χ3n) is 3.96. The Hall–Kier alpha value is -2.95. The van der Waals surface area contributed by atoms with Crippen molar-refractivity contribution in [3.05, 3.63) is 71.7 Å². The van der Waals surface area contributed by atoms with E-state index in [9.17, 15) is 4.79 Å². The first-order valence-electron chi connectivity index (χ1n) is 7.10. The second-order valence-corrected chi connectivity index (χ2v) is 5.39. The van der Waals surface area contributed by atoms with Gasteiger partial charge in [-0.15, -0.1) is 0 Å². The van der Waals surface area contributed by atoms with Gasteiger partial charge in [-0.3, -0.25) is 9.69 Å². The van der Waals surface area contributed by atoms with E-state index in [-0.39, 0.29) is 5.91 Å². The second-order valence-electron chi connectivity index (χ2n) is 5.39. The highest BCUT2D eigenvalue weighted by Gasteiger charge is 2.27. The summed E-state index contributed by atoms with van der Waals surface area (Å²) >= 11 is 0. The average Bonchev–Trinajstić information content (AvgIpc) is 3.13. The Balaban J connectivity index is 1.77. The SMILES string of the molecule is Nc1ccc(C(=O)N2Cc3cccn3Cc3ccoc32)cc1. The van der Waals surface area contributed by atoms with Crippen LogP contribution in [0.25, 0.3) is 0 Å². The van der Waals surface area contributed by atoms with Crippen LogP contribution >= 0.6 is 0 Å². The van der Waals surface area contributed by atoms with Crippen LogP contribution in [-0.2, 0) is 13.1 Å². The van der Waals surface area contributed by atoms with E-state index in [1.165, 1.54) is 0 Å². The zero-order valence-corrected chi connectivity index (χ0v) is 11.9. The molecule has 5 nitrogen and oxygen atoms in total. The van der Waals surface area contributed by atoms with E-state index in [0.29, 0.717) is 30.2 Å². The van der Waals surface area contributed by atoms with Gasteiger partial charge in [0.2, 0.25) is 5.88 Å². The molecule has 2 aromatic heterocycles. The number of fused-ring (bicyclic) bond motifs is 2. The molecule has 3 aromatic rings. The molecule has 0 radical (unpaired) electrons. The Morgan fingerprint density at radius 2 is 1.91 bits per heavy atom. The number of nitrogens with zero attached hydrogens (tertiary/aromatic N) is 2. The lowest BCUT2D eigenvalue weighted by Gasteiger charge is -2.19. The Morgan fingerprint density at radius 3 is 2.73 bits per heavy atom. The van der Waals surface area contributed by atoms with Gasteiger partial charge in [0.25, 0.3) is 5.91 Å². The fraction of sp³-hybridized carbons (Fsp3) is 0.118. The fourth-order valence-corrected chi connectivity index (χ4v) is 2.80. The monoisotopic (exact) mass is 293 g/mol. The fourth-order valence-electron chi connectivity index (χ4n) is 2.80. The van der Waals surface area contributed by atoms with E-state index in [4.69, 9.17) is 10.2 Å². The minimum Gasteiger partial charge on any atom is -0.448 e. The molecule has 0 atom stereocenters. The molecule has 1 aliphatic rings. The standard InChI is InChI=1S/C17H15N3O2/c18-14-5-3-12(4-6-14)16(21)20-11-15-2-1-8-19(15)10-13-7-9-22-17(13)20/h1-9H,10-11,18H2. The largest absolute Gasteiger partial charge is 0.448 e. The van der Waals surface area contributed by atoms with Gasteiger partial charge in [-0.2, -0.15) is 0 Å². The van der Waals surface area contributed by atoms with Gasteiger partial charge in [-0.1, -0.05) is 0 Å². The number of aromatic nitrogens is 1. The van der Waals surface area contributed by atoms with Crippen molar-refractivity contribution < 1.29 is 9.21 Å². The van der Waals surface area contributed by atoms with Gasteiger partial charge < -0.3 is 14.7 Å². The predicted molar refractivity (Wildman–Crippen MR) is 83.6 cm³/mol. The van der Waals surface area contributed by atoms with E-state index in [1.54, 1.807) is 35.4 Å². The number of nitrogens with two attached hydrogens (primary N) is 1. The molecule has 4 rings (SSSR count). The summed E-state index contributed by atoms with van der Waals surface area (Å²) in [5.74, 6) is 0.524. The van der Waals surface area contributed by atoms with E-state index < -0.39 is 0 Å². The van der Waals surface area contributed by atoms with Crippen molar-refractivity contribution in [2.24, 2.45) is 0 Å². The Bertz CT molecular complexity index is 830. The van der Waals surface area contributed by atoms with Crippen molar-refractivity contribution in [2.75, 3.05) is 10.6 Å². The highest BCUT2D eigenvalue weighted by molar-refractivity contribution is 6.05. The van der Waals surface area contributed by atoms with Crippen LogP contribution in [0.15, 0.2) is 59.3 Å². The molecule has 22 heavy (non-hydrogen) atoms. The number of amides is 1. The molecular formula is C17H15N3O2. The van der Waals surface area contributed by atoms with Gasteiger partial charge in [-0.05, 0) is 42.5 Å². The number of nitrogen functional groups attached to an aromatic ring is 1. The van der Waals surface area contributed by atoms with Crippen LogP contribution < -0.4 is 10.6 Å². The van der Waals surface area contributed by atoms with E-state index in [0.717, 1.165) is 11.3 Å². The molecule has 1 amide bonds. The lowest BCUT2D eigenvalue weighted by molar-refractivity contribution is 0.0980. The first-order valence-corrected chi connectivity index (χ1v) is 7.10. The number of hydrogen-bond acceptors (Lipinski definition) is 3. The van der Waals surface area contributed by atoms with Crippen molar-refractivity contribution in [1.29, 1.82) is 0 Å². The van der Waals surface area contributed by atoms with Crippen molar-refractivity contribution in [3.63, 3.8) is 0 Å². The quantitative estimate of drug-likeness (QED) is 0.702. The Morgan fingerprint density at radius 1 is 1.09 bits per heavy atom. The van der Waals surface area contributed by atoms with Crippen LogP contribution in [0.4, 0.5) is 11.6 Å². The van der Waals surface area contributed by atoms with Gasteiger partial charge in [0.15, 0.2) is 0 Å². The maximum Gasteiger partial charge on any atom is 0.260 e. The molecule has 110 valence electrons. The molecule has 0 spiro atoms. The summed E-state index contributed by atoms with van der Waals surface area (Å²) < 4.78 is 7.71. The minimum absolute atomic E-state index is 0.0918. The molecule has 0 unspecified atom stereocenters. The summed E-state index contributed by atoms with van der Waals surface area (Å²) in [5, 5.41) is 0. The highest BCUT2D eigenvalue weighted by Crippen LogP contribution is 2.30. The smallest absolute Gasteiger partial charge is 0.260 e. The first-order chi connectivity index (χ1) is 10.7. The summed E-state index contributed by atoms with van der Waals surface area (Å²) in [5.41, 5.74) is 9.00.